The maximum absolute atomic E-state index is 5.36. The Morgan fingerprint density at radius 2 is 2.29 bits per heavy atom. The predicted molar refractivity (Wildman–Crippen MR) is 54.1 cm³/mol. The third-order valence-corrected chi connectivity index (χ3v) is 1.73. The number of hydrogen-bond acceptors (Lipinski definition) is 4. The highest BCUT2D eigenvalue weighted by Gasteiger charge is 1.97. The molecule has 0 aliphatic heterocycles. The van der Waals surface area contributed by atoms with Gasteiger partial charge < -0.3 is 15.2 Å². The van der Waals surface area contributed by atoms with Gasteiger partial charge >= 0.3 is 0 Å². The van der Waals surface area contributed by atoms with Crippen molar-refractivity contribution in [3.05, 3.63) is 23.9 Å². The molecule has 0 spiro atoms. The average Bonchev–Trinajstić information content (AvgIpc) is 2.25. The number of aromatic nitrogens is 1. The van der Waals surface area contributed by atoms with E-state index in [2.05, 4.69) is 4.98 Å². The van der Waals surface area contributed by atoms with E-state index in [0.29, 0.717) is 25.6 Å². The van der Waals surface area contributed by atoms with E-state index in [1.54, 1.807) is 7.11 Å². The molecule has 0 aliphatic rings. The maximum atomic E-state index is 5.36. The molecule has 78 valence electrons. The van der Waals surface area contributed by atoms with Gasteiger partial charge in [-0.05, 0) is 19.0 Å². The number of hydrogen-bond donors (Lipinski definition) is 1. The molecule has 0 saturated heterocycles. The summed E-state index contributed by atoms with van der Waals surface area (Å²) < 4.78 is 10.4. The lowest BCUT2D eigenvalue weighted by atomic mass is 10.3. The van der Waals surface area contributed by atoms with Gasteiger partial charge in [0.1, 0.15) is 0 Å². The SMILES string of the molecule is COc1cccc(COCCCN)n1. The van der Waals surface area contributed by atoms with Crippen LogP contribution in [-0.2, 0) is 11.3 Å². The average molecular weight is 196 g/mol. The number of ether oxygens (including phenoxy) is 2. The summed E-state index contributed by atoms with van der Waals surface area (Å²) in [6, 6.07) is 5.61. The van der Waals surface area contributed by atoms with Crippen LogP contribution in [0.25, 0.3) is 0 Å². The highest BCUT2D eigenvalue weighted by atomic mass is 16.5. The minimum Gasteiger partial charge on any atom is -0.481 e. The van der Waals surface area contributed by atoms with Gasteiger partial charge in [-0.25, -0.2) is 4.98 Å². The van der Waals surface area contributed by atoms with Gasteiger partial charge in [-0.15, -0.1) is 0 Å². The summed E-state index contributed by atoms with van der Waals surface area (Å²) in [5.41, 5.74) is 6.21. The zero-order valence-corrected chi connectivity index (χ0v) is 8.40. The van der Waals surface area contributed by atoms with Crippen LogP contribution in [0.5, 0.6) is 5.88 Å². The van der Waals surface area contributed by atoms with Crippen molar-refractivity contribution in [1.29, 1.82) is 0 Å². The Kier molecular flexibility index (Phi) is 4.96. The van der Waals surface area contributed by atoms with E-state index in [0.717, 1.165) is 12.1 Å². The van der Waals surface area contributed by atoms with Gasteiger partial charge in [-0.1, -0.05) is 6.07 Å². The predicted octanol–water partition coefficient (Wildman–Crippen LogP) is 0.956. The van der Waals surface area contributed by atoms with Crippen molar-refractivity contribution in [2.45, 2.75) is 13.0 Å². The van der Waals surface area contributed by atoms with E-state index in [1.165, 1.54) is 0 Å². The zero-order valence-electron chi connectivity index (χ0n) is 8.40. The van der Waals surface area contributed by atoms with E-state index >= 15 is 0 Å². The molecule has 1 aromatic rings. The highest BCUT2D eigenvalue weighted by molar-refractivity contribution is 5.14. The Labute approximate surface area is 84.0 Å². The van der Waals surface area contributed by atoms with Gasteiger partial charge in [-0.2, -0.15) is 0 Å². The largest absolute Gasteiger partial charge is 0.481 e. The molecular weight excluding hydrogens is 180 g/mol. The van der Waals surface area contributed by atoms with Crippen molar-refractivity contribution in [3.63, 3.8) is 0 Å². The fraction of sp³-hybridized carbons (Fsp3) is 0.500. The smallest absolute Gasteiger partial charge is 0.213 e. The lowest BCUT2D eigenvalue weighted by molar-refractivity contribution is 0.117. The van der Waals surface area contributed by atoms with Crippen LogP contribution in [0.15, 0.2) is 18.2 Å². The first-order valence-electron chi connectivity index (χ1n) is 4.64. The summed E-state index contributed by atoms with van der Waals surface area (Å²) in [6.45, 7) is 1.85. The number of nitrogens with two attached hydrogens (primary N) is 1. The summed E-state index contributed by atoms with van der Waals surface area (Å²) in [5, 5.41) is 0. The first kappa shape index (κ1) is 10.9. The van der Waals surface area contributed by atoms with Crippen LogP contribution >= 0.6 is 0 Å². The quantitative estimate of drug-likeness (QED) is 0.688. The molecule has 4 heteroatoms. The second-order valence-electron chi connectivity index (χ2n) is 2.87. The summed E-state index contributed by atoms with van der Waals surface area (Å²) in [5.74, 6) is 0.616. The van der Waals surface area contributed by atoms with Crippen LogP contribution < -0.4 is 10.5 Å². The Balaban J connectivity index is 2.34. The Bertz CT molecular complexity index is 266. The van der Waals surface area contributed by atoms with Gasteiger partial charge in [0.25, 0.3) is 0 Å². The second-order valence-corrected chi connectivity index (χ2v) is 2.87. The first-order valence-corrected chi connectivity index (χ1v) is 4.64. The third kappa shape index (κ3) is 3.72. The van der Waals surface area contributed by atoms with Crippen LogP contribution in [0.4, 0.5) is 0 Å². The molecule has 1 aromatic heterocycles. The molecule has 1 heterocycles. The Hall–Kier alpha value is -1.13. The molecule has 0 radical (unpaired) electrons. The van der Waals surface area contributed by atoms with Crippen molar-refractivity contribution in [1.82, 2.24) is 4.98 Å². The minimum absolute atomic E-state index is 0.511. The number of nitrogens with zero attached hydrogens (tertiary/aromatic N) is 1. The van der Waals surface area contributed by atoms with Crippen molar-refractivity contribution in [3.8, 4) is 5.88 Å². The van der Waals surface area contributed by atoms with Crippen LogP contribution in [0.1, 0.15) is 12.1 Å². The first-order chi connectivity index (χ1) is 6.86. The van der Waals surface area contributed by atoms with Crippen LogP contribution in [0.3, 0.4) is 0 Å². The molecule has 2 N–H and O–H groups in total. The molecule has 0 atom stereocenters. The lowest BCUT2D eigenvalue weighted by Crippen LogP contribution is -2.05. The molecule has 0 aliphatic carbocycles. The van der Waals surface area contributed by atoms with E-state index in [9.17, 15) is 0 Å². The molecule has 0 saturated carbocycles. The number of methoxy groups -OCH3 is 1. The molecule has 1 rings (SSSR count). The molecule has 0 fully saturated rings. The molecule has 0 aromatic carbocycles. The van der Waals surface area contributed by atoms with Gasteiger partial charge in [0.15, 0.2) is 0 Å². The fourth-order valence-corrected chi connectivity index (χ4v) is 1.01. The van der Waals surface area contributed by atoms with E-state index < -0.39 is 0 Å². The Morgan fingerprint density at radius 1 is 1.43 bits per heavy atom. The van der Waals surface area contributed by atoms with E-state index in [1.807, 2.05) is 18.2 Å². The van der Waals surface area contributed by atoms with Gasteiger partial charge in [0, 0.05) is 12.7 Å². The lowest BCUT2D eigenvalue weighted by Gasteiger charge is -2.04. The summed E-state index contributed by atoms with van der Waals surface area (Å²) in [7, 11) is 1.60. The Morgan fingerprint density at radius 3 is 3.00 bits per heavy atom. The van der Waals surface area contributed by atoms with Crippen molar-refractivity contribution in [2.75, 3.05) is 20.3 Å². The topological polar surface area (TPSA) is 57.4 Å². The zero-order chi connectivity index (χ0) is 10.2. The second kappa shape index (κ2) is 6.34. The molecule has 0 unspecified atom stereocenters. The van der Waals surface area contributed by atoms with Gasteiger partial charge in [0.05, 0.1) is 19.4 Å². The minimum atomic E-state index is 0.511. The molecule has 4 nitrogen and oxygen atoms in total. The van der Waals surface area contributed by atoms with Crippen LogP contribution in [0.2, 0.25) is 0 Å². The molecular formula is C10H16N2O2. The van der Waals surface area contributed by atoms with E-state index in [-0.39, 0.29) is 0 Å². The van der Waals surface area contributed by atoms with Crippen molar-refractivity contribution in [2.24, 2.45) is 5.73 Å². The molecule has 0 amide bonds. The monoisotopic (exact) mass is 196 g/mol. The maximum Gasteiger partial charge on any atom is 0.213 e. The van der Waals surface area contributed by atoms with Gasteiger partial charge in [-0.3, -0.25) is 0 Å². The van der Waals surface area contributed by atoms with Crippen molar-refractivity contribution >= 4 is 0 Å². The summed E-state index contributed by atoms with van der Waals surface area (Å²) >= 11 is 0. The standard InChI is InChI=1S/C10H16N2O2/c1-13-10-5-2-4-9(12-10)8-14-7-3-6-11/h2,4-5H,3,6-8,11H2,1H3. The van der Waals surface area contributed by atoms with E-state index in [4.69, 9.17) is 15.2 Å². The normalized spacial score (nSPS) is 10.1. The number of rotatable bonds is 6. The summed E-state index contributed by atoms with van der Waals surface area (Å²) in [4.78, 5) is 4.21. The van der Waals surface area contributed by atoms with Crippen LogP contribution in [-0.4, -0.2) is 25.2 Å². The van der Waals surface area contributed by atoms with Crippen molar-refractivity contribution < 1.29 is 9.47 Å². The molecule has 0 bridgehead atoms. The fourth-order valence-electron chi connectivity index (χ4n) is 1.01. The number of pyridine rings is 1. The highest BCUT2D eigenvalue weighted by Crippen LogP contribution is 2.07. The van der Waals surface area contributed by atoms with Gasteiger partial charge in [0.2, 0.25) is 5.88 Å². The third-order valence-electron chi connectivity index (χ3n) is 1.73. The summed E-state index contributed by atoms with van der Waals surface area (Å²) in [6.07, 6.45) is 0.879. The molecule has 14 heavy (non-hydrogen) atoms. The van der Waals surface area contributed by atoms with Crippen LogP contribution in [0, 0.1) is 0 Å².